The van der Waals surface area contributed by atoms with Gasteiger partial charge in [-0.3, -0.25) is 4.79 Å². The number of allylic oxidation sites excluding steroid dienone is 1. The van der Waals surface area contributed by atoms with Crippen LogP contribution in [0.2, 0.25) is 0 Å². The number of nitriles is 1. The Morgan fingerprint density at radius 3 is 3.00 bits per heavy atom. The summed E-state index contributed by atoms with van der Waals surface area (Å²) in [4.78, 5) is 10.7. The largest absolute Gasteiger partial charge is 0.288 e. The monoisotopic (exact) mass is 263 g/mol. The smallest absolute Gasteiger partial charge is 0.185 e. The second-order valence-electron chi connectivity index (χ2n) is 3.72. The van der Waals surface area contributed by atoms with Gasteiger partial charge in [-0.25, -0.2) is 4.39 Å². The average molecular weight is 263 g/mol. The van der Waals surface area contributed by atoms with Gasteiger partial charge in [0.15, 0.2) is 5.12 Å². The van der Waals surface area contributed by atoms with E-state index in [-0.39, 0.29) is 17.4 Å². The standard InChI is InChI=1S/C14H14FNOS/c1-11(17)18-9-3-2-4-13-10-12(7-8-16)5-6-14(13)15/h2,4-6,10H,3,7,9H2,1H3. The summed E-state index contributed by atoms with van der Waals surface area (Å²) in [6.45, 7) is 1.53. The Balaban J connectivity index is 2.60. The molecule has 0 atom stereocenters. The van der Waals surface area contributed by atoms with Crippen LogP contribution in [0.15, 0.2) is 24.3 Å². The van der Waals surface area contributed by atoms with Crippen molar-refractivity contribution in [2.45, 2.75) is 19.8 Å². The van der Waals surface area contributed by atoms with Gasteiger partial charge in [0.05, 0.1) is 12.5 Å². The van der Waals surface area contributed by atoms with Crippen LogP contribution in [0.5, 0.6) is 0 Å². The molecule has 0 aliphatic heterocycles. The molecule has 0 aromatic heterocycles. The zero-order valence-electron chi connectivity index (χ0n) is 10.1. The van der Waals surface area contributed by atoms with Gasteiger partial charge in [-0.05, 0) is 24.1 Å². The van der Waals surface area contributed by atoms with Gasteiger partial charge in [-0.1, -0.05) is 30.0 Å². The van der Waals surface area contributed by atoms with Crippen molar-refractivity contribution >= 4 is 23.0 Å². The summed E-state index contributed by atoms with van der Waals surface area (Å²) in [6.07, 6.45) is 4.52. The summed E-state index contributed by atoms with van der Waals surface area (Å²) in [5.41, 5.74) is 1.28. The van der Waals surface area contributed by atoms with E-state index >= 15 is 0 Å². The predicted octanol–water partition coefficient (Wildman–Crippen LogP) is 3.57. The maximum atomic E-state index is 13.5. The Kier molecular flexibility index (Phi) is 6.16. The molecule has 0 saturated carbocycles. The van der Waals surface area contributed by atoms with Crippen molar-refractivity contribution in [2.75, 3.05) is 5.75 Å². The van der Waals surface area contributed by atoms with Gasteiger partial charge in [0, 0.05) is 18.2 Å². The average Bonchev–Trinajstić information content (AvgIpc) is 2.32. The van der Waals surface area contributed by atoms with Crippen LogP contribution in [0.3, 0.4) is 0 Å². The van der Waals surface area contributed by atoms with Crippen LogP contribution in [-0.2, 0) is 11.2 Å². The van der Waals surface area contributed by atoms with Crippen LogP contribution in [0.25, 0.3) is 6.08 Å². The first-order chi connectivity index (χ1) is 8.63. The molecule has 0 heterocycles. The second-order valence-corrected chi connectivity index (χ2v) is 4.99. The number of rotatable bonds is 5. The topological polar surface area (TPSA) is 40.9 Å². The van der Waals surface area contributed by atoms with E-state index in [9.17, 15) is 9.18 Å². The maximum Gasteiger partial charge on any atom is 0.185 e. The first-order valence-corrected chi connectivity index (χ1v) is 6.57. The molecule has 1 aromatic rings. The van der Waals surface area contributed by atoms with Gasteiger partial charge < -0.3 is 0 Å². The Labute approximate surface area is 111 Å². The molecule has 1 rings (SSSR count). The summed E-state index contributed by atoms with van der Waals surface area (Å²) in [5, 5.41) is 8.67. The van der Waals surface area contributed by atoms with Crippen LogP contribution in [-0.4, -0.2) is 10.9 Å². The highest BCUT2D eigenvalue weighted by Crippen LogP contribution is 2.14. The third-order valence-corrected chi connectivity index (χ3v) is 3.08. The van der Waals surface area contributed by atoms with Gasteiger partial charge in [0.2, 0.25) is 0 Å². The van der Waals surface area contributed by atoms with Crippen molar-refractivity contribution in [3.8, 4) is 6.07 Å². The fourth-order valence-corrected chi connectivity index (χ4v) is 1.94. The number of benzene rings is 1. The quantitative estimate of drug-likeness (QED) is 0.762. The fourth-order valence-electron chi connectivity index (χ4n) is 1.40. The number of hydrogen-bond acceptors (Lipinski definition) is 3. The van der Waals surface area contributed by atoms with E-state index in [1.165, 1.54) is 24.8 Å². The zero-order valence-corrected chi connectivity index (χ0v) is 11.0. The lowest BCUT2D eigenvalue weighted by Gasteiger charge is -2.00. The number of thioether (sulfide) groups is 1. The molecular weight excluding hydrogens is 249 g/mol. The molecule has 1 aromatic carbocycles. The van der Waals surface area contributed by atoms with Crippen molar-refractivity contribution in [1.82, 2.24) is 0 Å². The molecule has 2 nitrogen and oxygen atoms in total. The van der Waals surface area contributed by atoms with E-state index in [4.69, 9.17) is 5.26 Å². The van der Waals surface area contributed by atoms with Crippen LogP contribution in [0, 0.1) is 17.1 Å². The second kappa shape index (κ2) is 7.67. The molecule has 0 bridgehead atoms. The Morgan fingerprint density at radius 2 is 2.33 bits per heavy atom. The van der Waals surface area contributed by atoms with E-state index in [0.717, 1.165) is 5.56 Å². The molecule has 0 amide bonds. The highest BCUT2D eigenvalue weighted by atomic mass is 32.2. The van der Waals surface area contributed by atoms with Gasteiger partial charge >= 0.3 is 0 Å². The molecule has 0 fully saturated rings. The minimum absolute atomic E-state index is 0.0885. The highest BCUT2D eigenvalue weighted by molar-refractivity contribution is 8.13. The zero-order chi connectivity index (χ0) is 13.4. The summed E-state index contributed by atoms with van der Waals surface area (Å²) in [7, 11) is 0. The van der Waals surface area contributed by atoms with E-state index in [0.29, 0.717) is 17.7 Å². The SMILES string of the molecule is CC(=O)SCCC=Cc1cc(CC#N)ccc1F. The number of nitrogens with zero attached hydrogens (tertiary/aromatic N) is 1. The van der Waals surface area contributed by atoms with Crippen molar-refractivity contribution in [1.29, 1.82) is 5.26 Å². The lowest BCUT2D eigenvalue weighted by Crippen LogP contribution is -1.88. The molecule has 0 unspecified atom stereocenters. The van der Waals surface area contributed by atoms with Crippen molar-refractivity contribution in [3.63, 3.8) is 0 Å². The van der Waals surface area contributed by atoms with Crippen molar-refractivity contribution in [2.24, 2.45) is 0 Å². The number of carbonyl (C=O) groups excluding carboxylic acids is 1. The minimum Gasteiger partial charge on any atom is -0.288 e. The van der Waals surface area contributed by atoms with Crippen LogP contribution in [0.4, 0.5) is 4.39 Å². The highest BCUT2D eigenvalue weighted by Gasteiger charge is 2.00. The molecule has 0 saturated heterocycles. The molecule has 18 heavy (non-hydrogen) atoms. The van der Waals surface area contributed by atoms with E-state index in [2.05, 4.69) is 0 Å². The Bertz CT molecular complexity index is 491. The third-order valence-electron chi connectivity index (χ3n) is 2.23. The lowest BCUT2D eigenvalue weighted by molar-refractivity contribution is -0.109. The summed E-state index contributed by atoms with van der Waals surface area (Å²) in [5.74, 6) is 0.401. The summed E-state index contributed by atoms with van der Waals surface area (Å²) < 4.78 is 13.5. The first kappa shape index (κ1) is 14.5. The molecule has 4 heteroatoms. The number of carbonyl (C=O) groups is 1. The van der Waals surface area contributed by atoms with Gasteiger partial charge in [-0.15, -0.1) is 0 Å². The predicted molar refractivity (Wildman–Crippen MR) is 72.5 cm³/mol. The fraction of sp³-hybridized carbons (Fsp3) is 0.286. The lowest BCUT2D eigenvalue weighted by atomic mass is 10.1. The van der Waals surface area contributed by atoms with E-state index in [1.807, 2.05) is 12.1 Å². The summed E-state index contributed by atoms with van der Waals surface area (Å²) >= 11 is 1.25. The van der Waals surface area contributed by atoms with Crippen LogP contribution < -0.4 is 0 Å². The van der Waals surface area contributed by atoms with E-state index in [1.54, 1.807) is 18.2 Å². The number of hydrogen-bond donors (Lipinski definition) is 0. The van der Waals surface area contributed by atoms with E-state index < -0.39 is 0 Å². The molecule has 94 valence electrons. The third kappa shape index (κ3) is 5.15. The molecule has 0 radical (unpaired) electrons. The Hall–Kier alpha value is -1.60. The van der Waals surface area contributed by atoms with Crippen LogP contribution >= 0.6 is 11.8 Å². The Morgan fingerprint density at radius 1 is 1.56 bits per heavy atom. The normalized spacial score (nSPS) is 10.5. The molecular formula is C14H14FNOS. The van der Waals surface area contributed by atoms with Crippen molar-refractivity contribution < 1.29 is 9.18 Å². The van der Waals surface area contributed by atoms with Gasteiger partial charge in [0.1, 0.15) is 5.82 Å². The maximum absolute atomic E-state index is 13.5. The molecule has 0 aliphatic carbocycles. The minimum atomic E-state index is -0.299. The molecule has 0 spiro atoms. The molecule has 0 aliphatic rings. The van der Waals surface area contributed by atoms with Gasteiger partial charge in [0.25, 0.3) is 0 Å². The molecule has 0 N–H and O–H groups in total. The first-order valence-electron chi connectivity index (χ1n) is 5.58. The number of halogens is 1. The summed E-state index contributed by atoms with van der Waals surface area (Å²) in [6, 6.07) is 6.69. The van der Waals surface area contributed by atoms with Crippen LogP contribution in [0.1, 0.15) is 24.5 Å². The van der Waals surface area contributed by atoms with Crippen molar-refractivity contribution in [3.05, 3.63) is 41.2 Å². The van der Waals surface area contributed by atoms with Gasteiger partial charge in [-0.2, -0.15) is 5.26 Å².